The third-order valence-corrected chi connectivity index (χ3v) is 1.99. The van der Waals surface area contributed by atoms with Crippen LogP contribution < -0.4 is 0 Å². The van der Waals surface area contributed by atoms with Gasteiger partial charge in [0.15, 0.2) is 0 Å². The quantitative estimate of drug-likeness (QED) is 0.783. The van der Waals surface area contributed by atoms with Gasteiger partial charge in [0.05, 0.1) is 17.2 Å². The van der Waals surface area contributed by atoms with E-state index in [0.717, 1.165) is 10.2 Å². The van der Waals surface area contributed by atoms with Gasteiger partial charge in [-0.2, -0.15) is 5.10 Å². The van der Waals surface area contributed by atoms with E-state index in [2.05, 4.69) is 31.3 Å². The standard InChI is InChI=1S/C7H8BrN5/c1-12-4-7(10-11-12)5-13-3-6(8)2-9-13/h2-4H,5H2,1H3. The van der Waals surface area contributed by atoms with Crippen LogP contribution in [0.3, 0.4) is 0 Å². The number of aryl methyl sites for hydroxylation is 1. The van der Waals surface area contributed by atoms with Crippen LogP contribution in [-0.4, -0.2) is 24.8 Å². The second kappa shape index (κ2) is 3.29. The Hall–Kier alpha value is -1.17. The molecule has 0 bridgehead atoms. The molecule has 0 spiro atoms. The normalized spacial score (nSPS) is 10.6. The van der Waals surface area contributed by atoms with Gasteiger partial charge in [-0.05, 0) is 15.9 Å². The van der Waals surface area contributed by atoms with E-state index in [1.54, 1.807) is 15.6 Å². The second-order valence-electron chi connectivity index (χ2n) is 2.74. The molecule has 68 valence electrons. The van der Waals surface area contributed by atoms with Gasteiger partial charge in [-0.15, -0.1) is 5.10 Å². The van der Waals surface area contributed by atoms with Gasteiger partial charge in [0.25, 0.3) is 0 Å². The van der Waals surface area contributed by atoms with Crippen molar-refractivity contribution in [2.75, 3.05) is 0 Å². The largest absolute Gasteiger partial charge is 0.265 e. The first kappa shape index (κ1) is 8.43. The Labute approximate surface area is 83.5 Å². The molecule has 13 heavy (non-hydrogen) atoms. The summed E-state index contributed by atoms with van der Waals surface area (Å²) >= 11 is 3.33. The number of hydrogen-bond acceptors (Lipinski definition) is 3. The molecule has 0 saturated heterocycles. The Morgan fingerprint density at radius 1 is 1.46 bits per heavy atom. The molecule has 0 fully saturated rings. The summed E-state index contributed by atoms with van der Waals surface area (Å²) in [5, 5.41) is 11.9. The molecule has 5 nitrogen and oxygen atoms in total. The van der Waals surface area contributed by atoms with E-state index in [0.29, 0.717) is 6.54 Å². The van der Waals surface area contributed by atoms with Gasteiger partial charge >= 0.3 is 0 Å². The van der Waals surface area contributed by atoms with E-state index in [-0.39, 0.29) is 0 Å². The minimum absolute atomic E-state index is 0.652. The highest BCUT2D eigenvalue weighted by Gasteiger charge is 2.00. The summed E-state index contributed by atoms with van der Waals surface area (Å²) < 4.78 is 4.44. The van der Waals surface area contributed by atoms with Crippen LogP contribution in [0.5, 0.6) is 0 Å². The lowest BCUT2D eigenvalue weighted by atomic mass is 10.5. The maximum Gasteiger partial charge on any atom is 0.104 e. The molecule has 0 aromatic carbocycles. The summed E-state index contributed by atoms with van der Waals surface area (Å²) in [6, 6.07) is 0. The Balaban J connectivity index is 2.14. The first-order valence-corrected chi connectivity index (χ1v) is 4.56. The van der Waals surface area contributed by atoms with Crippen LogP contribution in [0.4, 0.5) is 0 Å². The fraction of sp³-hybridized carbons (Fsp3) is 0.286. The molecule has 0 amide bonds. The van der Waals surface area contributed by atoms with E-state index in [9.17, 15) is 0 Å². The fourth-order valence-electron chi connectivity index (χ4n) is 1.06. The summed E-state index contributed by atoms with van der Waals surface area (Å²) in [4.78, 5) is 0. The van der Waals surface area contributed by atoms with E-state index >= 15 is 0 Å². The third kappa shape index (κ3) is 1.95. The summed E-state index contributed by atoms with van der Waals surface area (Å²) in [5.41, 5.74) is 0.901. The highest BCUT2D eigenvalue weighted by atomic mass is 79.9. The monoisotopic (exact) mass is 241 g/mol. The molecular formula is C7H8BrN5. The summed E-state index contributed by atoms with van der Waals surface area (Å²) in [6.45, 7) is 0.652. The number of hydrogen-bond donors (Lipinski definition) is 0. The van der Waals surface area contributed by atoms with Gasteiger partial charge in [-0.1, -0.05) is 5.21 Å². The van der Waals surface area contributed by atoms with Crippen molar-refractivity contribution in [2.24, 2.45) is 7.05 Å². The molecule has 2 heterocycles. The Bertz CT molecular complexity index is 366. The summed E-state index contributed by atoms with van der Waals surface area (Å²) in [5.74, 6) is 0. The van der Waals surface area contributed by atoms with E-state index < -0.39 is 0 Å². The van der Waals surface area contributed by atoms with Gasteiger partial charge in [0, 0.05) is 19.4 Å². The number of nitrogens with zero attached hydrogens (tertiary/aromatic N) is 5. The van der Waals surface area contributed by atoms with Crippen LogP contribution in [-0.2, 0) is 13.6 Å². The van der Waals surface area contributed by atoms with Crippen molar-refractivity contribution in [2.45, 2.75) is 6.54 Å². The Morgan fingerprint density at radius 2 is 2.31 bits per heavy atom. The molecule has 0 atom stereocenters. The van der Waals surface area contributed by atoms with Gasteiger partial charge < -0.3 is 0 Å². The first-order valence-electron chi connectivity index (χ1n) is 3.77. The van der Waals surface area contributed by atoms with E-state index in [4.69, 9.17) is 0 Å². The third-order valence-electron chi connectivity index (χ3n) is 1.58. The average Bonchev–Trinajstić information content (AvgIpc) is 2.62. The van der Waals surface area contributed by atoms with Crippen molar-refractivity contribution in [3.63, 3.8) is 0 Å². The molecule has 6 heteroatoms. The minimum atomic E-state index is 0.652. The van der Waals surface area contributed by atoms with Crippen LogP contribution in [0.2, 0.25) is 0 Å². The second-order valence-corrected chi connectivity index (χ2v) is 3.66. The van der Waals surface area contributed by atoms with Crippen molar-refractivity contribution in [1.29, 1.82) is 0 Å². The zero-order valence-corrected chi connectivity index (χ0v) is 8.64. The SMILES string of the molecule is Cn1cc(Cn2cc(Br)cn2)nn1. The van der Waals surface area contributed by atoms with Crippen LogP contribution in [0.15, 0.2) is 23.1 Å². The maximum absolute atomic E-state index is 4.11. The lowest BCUT2D eigenvalue weighted by Gasteiger charge is -1.94. The fourth-order valence-corrected chi connectivity index (χ4v) is 1.39. The maximum atomic E-state index is 4.11. The summed E-state index contributed by atoms with van der Waals surface area (Å²) in [7, 11) is 1.84. The number of aromatic nitrogens is 5. The molecule has 2 aromatic rings. The smallest absolute Gasteiger partial charge is 0.104 e. The first-order chi connectivity index (χ1) is 6.24. The molecule has 0 radical (unpaired) electrons. The van der Waals surface area contributed by atoms with Gasteiger partial charge in [-0.3, -0.25) is 9.36 Å². The van der Waals surface area contributed by atoms with Gasteiger partial charge in [0.2, 0.25) is 0 Å². The molecule has 2 rings (SSSR count). The predicted molar refractivity (Wildman–Crippen MR) is 50.0 cm³/mol. The van der Waals surface area contributed by atoms with Gasteiger partial charge in [-0.25, -0.2) is 0 Å². The van der Waals surface area contributed by atoms with E-state index in [1.807, 2.05) is 19.4 Å². The number of halogens is 1. The van der Waals surface area contributed by atoms with Crippen LogP contribution in [0, 0.1) is 0 Å². The van der Waals surface area contributed by atoms with Crippen molar-refractivity contribution >= 4 is 15.9 Å². The zero-order chi connectivity index (χ0) is 9.26. The van der Waals surface area contributed by atoms with Crippen molar-refractivity contribution < 1.29 is 0 Å². The Kier molecular flexibility index (Phi) is 2.13. The molecule has 2 aromatic heterocycles. The molecule has 0 aliphatic rings. The average molecular weight is 242 g/mol. The van der Waals surface area contributed by atoms with Crippen molar-refractivity contribution in [3.05, 3.63) is 28.8 Å². The molecular weight excluding hydrogens is 234 g/mol. The minimum Gasteiger partial charge on any atom is -0.265 e. The Morgan fingerprint density at radius 3 is 2.85 bits per heavy atom. The van der Waals surface area contributed by atoms with Crippen LogP contribution in [0.25, 0.3) is 0 Å². The lowest BCUT2D eigenvalue weighted by molar-refractivity contribution is 0.667. The van der Waals surface area contributed by atoms with Crippen molar-refractivity contribution in [3.8, 4) is 0 Å². The van der Waals surface area contributed by atoms with Crippen LogP contribution in [0.1, 0.15) is 5.69 Å². The van der Waals surface area contributed by atoms with Crippen LogP contribution >= 0.6 is 15.9 Å². The lowest BCUT2D eigenvalue weighted by Crippen LogP contribution is -1.99. The molecule has 0 aliphatic heterocycles. The zero-order valence-electron chi connectivity index (χ0n) is 7.05. The van der Waals surface area contributed by atoms with Gasteiger partial charge in [0.1, 0.15) is 5.69 Å². The van der Waals surface area contributed by atoms with E-state index in [1.165, 1.54) is 0 Å². The van der Waals surface area contributed by atoms with Crippen molar-refractivity contribution in [1.82, 2.24) is 24.8 Å². The summed E-state index contributed by atoms with van der Waals surface area (Å²) in [6.07, 6.45) is 5.51. The highest BCUT2D eigenvalue weighted by molar-refractivity contribution is 9.10. The molecule has 0 unspecified atom stereocenters. The number of rotatable bonds is 2. The topological polar surface area (TPSA) is 48.5 Å². The molecule has 0 N–H and O–H groups in total. The highest BCUT2D eigenvalue weighted by Crippen LogP contribution is 2.07. The predicted octanol–water partition coefficient (Wildman–Crippen LogP) is 0.822. The molecule has 0 aliphatic carbocycles. The molecule has 0 saturated carbocycles.